The topological polar surface area (TPSA) is 73.8 Å². The molecule has 0 saturated carbocycles. The number of aromatic nitrogens is 3. The van der Waals surface area contributed by atoms with E-state index in [-0.39, 0.29) is 11.5 Å². The molecule has 3 rings (SSSR count). The zero-order valence-electron chi connectivity index (χ0n) is 11.7. The molecule has 0 bridgehead atoms. The van der Waals surface area contributed by atoms with E-state index in [9.17, 15) is 4.79 Å². The summed E-state index contributed by atoms with van der Waals surface area (Å²) in [4.78, 5) is 21.7. The number of nitrogen functional groups attached to an aromatic ring is 1. The Morgan fingerprint density at radius 2 is 1.95 bits per heavy atom. The monoisotopic (exact) mass is 310 g/mol. The zero-order chi connectivity index (χ0) is 15.4. The SMILES string of the molecule is Nc1nc(CSc2cccnc2)cc(=O)n1-c1ccccc1. The maximum absolute atomic E-state index is 12.3. The first-order valence-electron chi connectivity index (χ1n) is 6.71. The molecular weight excluding hydrogens is 296 g/mol. The van der Waals surface area contributed by atoms with Crippen molar-refractivity contribution in [3.8, 4) is 5.69 Å². The molecule has 2 aromatic heterocycles. The summed E-state index contributed by atoms with van der Waals surface area (Å²) in [5, 5.41) is 0. The fourth-order valence-electron chi connectivity index (χ4n) is 2.05. The van der Waals surface area contributed by atoms with Crippen molar-refractivity contribution in [3.63, 3.8) is 0 Å². The first-order valence-corrected chi connectivity index (χ1v) is 7.69. The smallest absolute Gasteiger partial charge is 0.259 e. The molecule has 3 aromatic rings. The van der Waals surface area contributed by atoms with Crippen molar-refractivity contribution in [1.29, 1.82) is 0 Å². The molecule has 0 aliphatic rings. The maximum atomic E-state index is 12.3. The number of para-hydroxylation sites is 1. The number of hydrogen-bond donors (Lipinski definition) is 1. The average molecular weight is 310 g/mol. The van der Waals surface area contributed by atoms with Crippen LogP contribution in [-0.2, 0) is 5.75 Å². The molecule has 0 aliphatic carbocycles. The summed E-state index contributed by atoms with van der Waals surface area (Å²) in [6.45, 7) is 0. The van der Waals surface area contributed by atoms with Crippen LogP contribution in [0.4, 0.5) is 5.95 Å². The van der Waals surface area contributed by atoms with Crippen LogP contribution in [0.15, 0.2) is 70.6 Å². The molecule has 0 saturated heterocycles. The van der Waals surface area contributed by atoms with Crippen molar-refractivity contribution in [3.05, 3.63) is 77.0 Å². The van der Waals surface area contributed by atoms with E-state index in [0.717, 1.165) is 4.90 Å². The van der Waals surface area contributed by atoms with Crippen LogP contribution in [0.25, 0.3) is 5.69 Å². The van der Waals surface area contributed by atoms with E-state index in [0.29, 0.717) is 17.1 Å². The van der Waals surface area contributed by atoms with Gasteiger partial charge in [-0.3, -0.25) is 9.78 Å². The fourth-order valence-corrected chi connectivity index (χ4v) is 2.82. The normalized spacial score (nSPS) is 10.5. The van der Waals surface area contributed by atoms with Crippen LogP contribution in [0.1, 0.15) is 5.69 Å². The van der Waals surface area contributed by atoms with Gasteiger partial charge in [0, 0.05) is 29.1 Å². The van der Waals surface area contributed by atoms with Crippen LogP contribution in [0, 0.1) is 0 Å². The lowest BCUT2D eigenvalue weighted by Crippen LogP contribution is -2.23. The zero-order valence-corrected chi connectivity index (χ0v) is 12.5. The van der Waals surface area contributed by atoms with Gasteiger partial charge in [0.15, 0.2) is 0 Å². The number of thioether (sulfide) groups is 1. The van der Waals surface area contributed by atoms with E-state index in [1.807, 2.05) is 42.5 Å². The van der Waals surface area contributed by atoms with Gasteiger partial charge in [0.05, 0.1) is 11.4 Å². The van der Waals surface area contributed by atoms with E-state index in [4.69, 9.17) is 5.73 Å². The summed E-state index contributed by atoms with van der Waals surface area (Å²) < 4.78 is 1.40. The summed E-state index contributed by atoms with van der Waals surface area (Å²) in [5.74, 6) is 0.765. The molecule has 22 heavy (non-hydrogen) atoms. The van der Waals surface area contributed by atoms with Gasteiger partial charge < -0.3 is 5.73 Å². The second-order valence-corrected chi connectivity index (χ2v) is 5.64. The summed E-state index contributed by atoms with van der Waals surface area (Å²) >= 11 is 1.56. The van der Waals surface area contributed by atoms with Crippen LogP contribution in [-0.4, -0.2) is 14.5 Å². The highest BCUT2D eigenvalue weighted by atomic mass is 32.2. The van der Waals surface area contributed by atoms with Gasteiger partial charge in [-0.15, -0.1) is 11.8 Å². The summed E-state index contributed by atoms with van der Waals surface area (Å²) in [6.07, 6.45) is 3.50. The quantitative estimate of drug-likeness (QED) is 0.750. The first-order chi connectivity index (χ1) is 10.7. The fraction of sp³-hybridized carbons (Fsp3) is 0.0625. The van der Waals surface area contributed by atoms with Gasteiger partial charge in [0.1, 0.15) is 0 Å². The number of nitrogens with two attached hydrogens (primary N) is 1. The van der Waals surface area contributed by atoms with E-state index < -0.39 is 0 Å². The van der Waals surface area contributed by atoms with Crippen LogP contribution in [0.2, 0.25) is 0 Å². The van der Waals surface area contributed by atoms with E-state index >= 15 is 0 Å². The molecule has 0 unspecified atom stereocenters. The Morgan fingerprint density at radius 1 is 1.14 bits per heavy atom. The number of anilines is 1. The van der Waals surface area contributed by atoms with Crippen LogP contribution in [0.5, 0.6) is 0 Å². The second kappa shape index (κ2) is 6.44. The van der Waals surface area contributed by atoms with Crippen molar-refractivity contribution < 1.29 is 0 Å². The molecule has 0 fully saturated rings. The molecule has 1 aromatic carbocycles. The molecule has 6 heteroatoms. The number of nitrogens with zero attached hydrogens (tertiary/aromatic N) is 3. The van der Waals surface area contributed by atoms with Crippen molar-refractivity contribution >= 4 is 17.7 Å². The number of pyridine rings is 1. The number of hydrogen-bond acceptors (Lipinski definition) is 5. The van der Waals surface area contributed by atoms with Gasteiger partial charge in [-0.05, 0) is 24.3 Å². The maximum Gasteiger partial charge on any atom is 0.259 e. The molecule has 0 amide bonds. The third-order valence-electron chi connectivity index (χ3n) is 3.03. The van der Waals surface area contributed by atoms with Crippen LogP contribution in [0.3, 0.4) is 0 Å². The number of rotatable bonds is 4. The predicted molar refractivity (Wildman–Crippen MR) is 88.0 cm³/mol. The minimum atomic E-state index is -0.180. The summed E-state index contributed by atoms with van der Waals surface area (Å²) in [6, 6.07) is 14.6. The van der Waals surface area contributed by atoms with Gasteiger partial charge in [-0.1, -0.05) is 18.2 Å². The Labute approximate surface area is 131 Å². The highest BCUT2D eigenvalue weighted by Gasteiger charge is 2.08. The van der Waals surface area contributed by atoms with Gasteiger partial charge >= 0.3 is 0 Å². The molecule has 0 aliphatic heterocycles. The predicted octanol–water partition coefficient (Wildman–Crippen LogP) is 2.50. The van der Waals surface area contributed by atoms with Crippen LogP contribution >= 0.6 is 11.8 Å². The molecular formula is C16H14N4OS. The molecule has 0 spiro atoms. The summed E-state index contributed by atoms with van der Waals surface area (Å²) in [5.41, 5.74) is 7.14. The van der Waals surface area contributed by atoms with Crippen molar-refractivity contribution in [2.75, 3.05) is 5.73 Å². The lowest BCUT2D eigenvalue weighted by atomic mass is 10.3. The third kappa shape index (κ3) is 3.17. The van der Waals surface area contributed by atoms with Gasteiger partial charge in [-0.2, -0.15) is 0 Å². The molecule has 110 valence electrons. The summed E-state index contributed by atoms with van der Waals surface area (Å²) in [7, 11) is 0. The first kappa shape index (κ1) is 14.3. The Morgan fingerprint density at radius 3 is 2.64 bits per heavy atom. The largest absolute Gasteiger partial charge is 0.369 e. The van der Waals surface area contributed by atoms with Crippen LogP contribution < -0.4 is 11.3 Å². The molecule has 2 heterocycles. The lowest BCUT2D eigenvalue weighted by molar-refractivity contribution is 0.932. The van der Waals surface area contributed by atoms with Crippen molar-refractivity contribution in [1.82, 2.24) is 14.5 Å². The minimum Gasteiger partial charge on any atom is -0.369 e. The molecule has 2 N–H and O–H groups in total. The standard InChI is InChI=1S/C16H14N4OS/c17-16-19-12(11-22-14-7-4-8-18-10-14)9-15(21)20(16)13-5-2-1-3-6-13/h1-10H,11H2,(H2,17,19). The Balaban J connectivity index is 1.85. The Hall–Kier alpha value is -2.60. The van der Waals surface area contributed by atoms with Crippen molar-refractivity contribution in [2.24, 2.45) is 0 Å². The third-order valence-corrected chi connectivity index (χ3v) is 4.05. The Kier molecular flexibility index (Phi) is 4.20. The highest BCUT2D eigenvalue weighted by molar-refractivity contribution is 7.98. The average Bonchev–Trinajstić information content (AvgIpc) is 2.54. The van der Waals surface area contributed by atoms with Gasteiger partial charge in [0.25, 0.3) is 5.56 Å². The lowest BCUT2D eigenvalue weighted by Gasteiger charge is -2.10. The molecule has 5 nitrogen and oxygen atoms in total. The number of benzene rings is 1. The highest BCUT2D eigenvalue weighted by Crippen LogP contribution is 2.20. The van der Waals surface area contributed by atoms with Gasteiger partial charge in [0.2, 0.25) is 5.95 Å². The van der Waals surface area contributed by atoms with Gasteiger partial charge in [-0.25, -0.2) is 9.55 Å². The second-order valence-electron chi connectivity index (χ2n) is 4.59. The van der Waals surface area contributed by atoms with E-state index in [1.165, 1.54) is 10.6 Å². The molecule has 0 atom stereocenters. The van der Waals surface area contributed by atoms with Crippen molar-refractivity contribution in [2.45, 2.75) is 10.6 Å². The van der Waals surface area contributed by atoms with E-state index in [1.54, 1.807) is 24.2 Å². The van der Waals surface area contributed by atoms with E-state index in [2.05, 4.69) is 9.97 Å². The molecule has 0 radical (unpaired) electrons. The minimum absolute atomic E-state index is 0.180. The Bertz CT molecular complexity index is 819.